The average Bonchev–Trinajstić information content (AvgIpc) is 3.60. The molecular weight excluding hydrogens is 868 g/mol. The maximum absolute atomic E-state index is 13.9. The molecule has 3 saturated heterocycles. The molecule has 8 N–H and O–H groups in total. The summed E-state index contributed by atoms with van der Waals surface area (Å²) in [5.41, 5.74) is 0.476. The van der Waals surface area contributed by atoms with Crippen LogP contribution in [0, 0.1) is 35.5 Å². The van der Waals surface area contributed by atoms with E-state index in [-0.39, 0.29) is 65.6 Å². The molecule has 0 radical (unpaired) electrons. The fraction of sp³-hybridized carbons (Fsp3) is 0.721. The van der Waals surface area contributed by atoms with Gasteiger partial charge in [0.2, 0.25) is 12.6 Å². The van der Waals surface area contributed by atoms with Gasteiger partial charge in [-0.3, -0.25) is 9.59 Å². The Balaban J connectivity index is 1.11. The number of hydrogen-bond donors (Lipinski definition) is 8. The van der Waals surface area contributed by atoms with Gasteiger partial charge in [-0.15, -0.1) is 0 Å². The van der Waals surface area contributed by atoms with Gasteiger partial charge in [-0.1, -0.05) is 26.0 Å². The van der Waals surface area contributed by atoms with E-state index < -0.39 is 135 Å². The first-order valence-corrected chi connectivity index (χ1v) is 21.5. The number of allylic oxidation sites excluding steroid dienone is 2. The number of fused-ring (bicyclic) bond motifs is 3. The molecule has 5 aliphatic heterocycles. The number of hydrogen-bond acceptors (Lipinski definition) is 22. The maximum Gasteiger partial charge on any atom is 0.338 e. The van der Waals surface area contributed by atoms with E-state index in [4.69, 9.17) is 47.4 Å². The smallest absolute Gasteiger partial charge is 0.338 e. The van der Waals surface area contributed by atoms with Gasteiger partial charge in [-0.25, -0.2) is 9.59 Å². The number of carbonyl (C=O) groups excluding carboxylic acids is 4. The van der Waals surface area contributed by atoms with Gasteiger partial charge in [0, 0.05) is 28.9 Å². The van der Waals surface area contributed by atoms with Crippen molar-refractivity contribution < 1.29 is 107 Å². The molecule has 0 spiro atoms. The summed E-state index contributed by atoms with van der Waals surface area (Å²) < 4.78 is 56.6. The van der Waals surface area contributed by atoms with Crippen LogP contribution in [0.1, 0.15) is 47.0 Å². The average molecular weight is 929 g/mol. The molecule has 364 valence electrons. The lowest BCUT2D eigenvalue weighted by molar-refractivity contribution is -0.327. The molecule has 0 aromatic heterocycles. The summed E-state index contributed by atoms with van der Waals surface area (Å²) in [7, 11) is 1.15. The van der Waals surface area contributed by atoms with Crippen LogP contribution < -0.4 is 0 Å². The van der Waals surface area contributed by atoms with E-state index in [1.54, 1.807) is 19.9 Å². The highest BCUT2D eigenvalue weighted by Gasteiger charge is 2.51. The van der Waals surface area contributed by atoms with Gasteiger partial charge in [-0.05, 0) is 38.0 Å². The van der Waals surface area contributed by atoms with Crippen molar-refractivity contribution in [3.63, 3.8) is 0 Å². The predicted molar refractivity (Wildman–Crippen MR) is 213 cm³/mol. The van der Waals surface area contributed by atoms with Crippen molar-refractivity contribution >= 4 is 23.9 Å². The monoisotopic (exact) mass is 928 g/mol. The first kappa shape index (κ1) is 50.4. The summed E-state index contributed by atoms with van der Waals surface area (Å²) in [6.07, 6.45) is -14.4. The Morgan fingerprint density at radius 2 is 1.40 bits per heavy atom. The quantitative estimate of drug-likeness (QED) is 0.0602. The molecule has 0 amide bonds. The third-order valence-corrected chi connectivity index (χ3v) is 13.3. The van der Waals surface area contributed by atoms with Crippen molar-refractivity contribution in [1.29, 1.82) is 0 Å². The zero-order valence-corrected chi connectivity index (χ0v) is 36.5. The van der Waals surface area contributed by atoms with E-state index in [9.17, 15) is 60.0 Å². The molecule has 5 heterocycles. The zero-order chi connectivity index (χ0) is 47.4. The molecular formula is C43H60O22. The van der Waals surface area contributed by atoms with Crippen molar-refractivity contribution in [3.05, 3.63) is 47.0 Å². The van der Waals surface area contributed by atoms with E-state index in [1.165, 1.54) is 6.08 Å². The molecule has 2 bridgehead atoms. The number of carbonyl (C=O) groups is 4. The van der Waals surface area contributed by atoms with Crippen molar-refractivity contribution in [2.45, 2.75) is 127 Å². The second kappa shape index (κ2) is 21.7. The van der Waals surface area contributed by atoms with Crippen LogP contribution in [-0.4, -0.2) is 178 Å². The van der Waals surface area contributed by atoms with Crippen LogP contribution in [-0.2, 0) is 66.5 Å². The van der Waals surface area contributed by atoms with E-state index in [0.717, 1.165) is 19.6 Å². The Morgan fingerprint density at radius 1 is 0.831 bits per heavy atom. The molecule has 22 nitrogen and oxygen atoms in total. The summed E-state index contributed by atoms with van der Waals surface area (Å²) in [4.78, 5) is 53.9. The fourth-order valence-electron chi connectivity index (χ4n) is 9.33. The SMILES string of the molecule is CC=C1C(O[C@@H]2O[C@H](CO)[C@@H](O)[C@H](O)[C@H]2O)OC=C(C(=O)OC)C1CC(=O)OCC(C)C1CC2OC(=O)C3=COC(O[C@@H]4O[C@H](CO)[C@@H](O)[C@H](O)[C@H]4O)C(=CC)C3CC(=O)OCC1C2C. The van der Waals surface area contributed by atoms with Crippen LogP contribution in [0.15, 0.2) is 47.0 Å². The van der Waals surface area contributed by atoms with E-state index in [2.05, 4.69) is 0 Å². The van der Waals surface area contributed by atoms with E-state index in [1.807, 2.05) is 13.8 Å². The molecule has 1 aliphatic carbocycles. The number of rotatable bonds is 12. The molecule has 65 heavy (non-hydrogen) atoms. The Labute approximate surface area is 373 Å². The first-order valence-electron chi connectivity index (χ1n) is 21.5. The Morgan fingerprint density at radius 3 is 1.95 bits per heavy atom. The van der Waals surface area contributed by atoms with Crippen molar-refractivity contribution in [3.8, 4) is 0 Å². The third kappa shape index (κ3) is 10.6. The molecule has 22 heteroatoms. The van der Waals surface area contributed by atoms with Gasteiger partial charge in [-0.2, -0.15) is 0 Å². The second-order valence-corrected chi connectivity index (χ2v) is 17.0. The largest absolute Gasteiger partial charge is 0.468 e. The number of methoxy groups -OCH3 is 1. The standard InChI is InChI=1S/C43H60O22/c1-6-19-22(25(38(54)56-5)15-59-40(19)64-42-36(52)34(50)32(48)28(11-44)62-42)9-30(46)57-13-17(3)21-8-27-18(4)24(21)14-58-31(47)10-23-20(7-2)41(60-16-26(23)39(55)61-27)65-43-37(53)35(51)33(49)29(12-45)63-43/h6-7,15-18,21-24,27-29,32-37,40-45,48-53H,8-14H2,1-5H3/t17?,18?,21?,22?,23?,24?,27?,28-,29-,32-,33-,34+,35+,36-,37-,40?,41?,42+,43+/m1/s1. The molecule has 6 aliphatic rings. The molecule has 0 aromatic rings. The molecule has 9 unspecified atom stereocenters. The number of aliphatic hydroxyl groups is 8. The topological polar surface area (TPSA) is 322 Å². The molecule has 6 rings (SSSR count). The highest BCUT2D eigenvalue weighted by atomic mass is 16.8. The lowest BCUT2D eigenvalue weighted by atomic mass is 9.83. The first-order chi connectivity index (χ1) is 31.0. The van der Waals surface area contributed by atoms with Gasteiger partial charge >= 0.3 is 23.9 Å². The van der Waals surface area contributed by atoms with Crippen LogP contribution in [0.3, 0.4) is 0 Å². The lowest BCUT2D eigenvalue weighted by Gasteiger charge is -2.42. The molecule has 4 fully saturated rings. The normalized spacial score (nSPS) is 41.6. The molecule has 0 aromatic carbocycles. The highest BCUT2D eigenvalue weighted by Crippen LogP contribution is 2.46. The van der Waals surface area contributed by atoms with Crippen LogP contribution in [0.4, 0.5) is 0 Å². The van der Waals surface area contributed by atoms with Gasteiger partial charge in [0.15, 0.2) is 12.6 Å². The van der Waals surface area contributed by atoms with Crippen molar-refractivity contribution in [2.24, 2.45) is 35.5 Å². The molecule has 19 atom stereocenters. The van der Waals surface area contributed by atoms with Gasteiger partial charge in [0.05, 0.1) is 70.0 Å². The van der Waals surface area contributed by atoms with Gasteiger partial charge in [0.1, 0.15) is 54.9 Å². The summed E-state index contributed by atoms with van der Waals surface area (Å²) in [6, 6.07) is 0. The minimum Gasteiger partial charge on any atom is -0.468 e. The number of aliphatic hydroxyl groups excluding tert-OH is 8. The summed E-state index contributed by atoms with van der Waals surface area (Å²) >= 11 is 0. The Hall–Kier alpha value is -4.04. The van der Waals surface area contributed by atoms with Gasteiger partial charge < -0.3 is 88.2 Å². The predicted octanol–water partition coefficient (Wildman–Crippen LogP) is -1.90. The zero-order valence-electron chi connectivity index (χ0n) is 36.5. The fourth-order valence-corrected chi connectivity index (χ4v) is 9.33. The maximum atomic E-state index is 13.9. The van der Waals surface area contributed by atoms with Crippen molar-refractivity contribution in [2.75, 3.05) is 33.5 Å². The minimum atomic E-state index is -1.76. The summed E-state index contributed by atoms with van der Waals surface area (Å²) in [6.45, 7) is 5.37. The number of esters is 4. The van der Waals surface area contributed by atoms with E-state index in [0.29, 0.717) is 6.42 Å². The summed E-state index contributed by atoms with van der Waals surface area (Å²) in [5.74, 6) is -6.18. The van der Waals surface area contributed by atoms with Crippen LogP contribution in [0.25, 0.3) is 0 Å². The second-order valence-electron chi connectivity index (χ2n) is 17.0. The van der Waals surface area contributed by atoms with Crippen molar-refractivity contribution in [1.82, 2.24) is 0 Å². The molecule has 1 saturated carbocycles. The van der Waals surface area contributed by atoms with Gasteiger partial charge in [0.25, 0.3) is 0 Å². The third-order valence-electron chi connectivity index (χ3n) is 13.3. The van der Waals surface area contributed by atoms with Crippen LogP contribution in [0.2, 0.25) is 0 Å². The van der Waals surface area contributed by atoms with Crippen LogP contribution >= 0.6 is 0 Å². The highest BCUT2D eigenvalue weighted by molar-refractivity contribution is 5.91. The number of ether oxygens (including phenoxy) is 10. The number of cyclic esters (lactones) is 1. The Kier molecular flexibility index (Phi) is 16.8. The lowest BCUT2D eigenvalue weighted by Crippen LogP contribution is -2.60. The van der Waals surface area contributed by atoms with Crippen LogP contribution in [0.5, 0.6) is 0 Å². The Bertz CT molecular complexity index is 1840. The summed E-state index contributed by atoms with van der Waals surface area (Å²) in [5, 5.41) is 81.3. The minimum absolute atomic E-state index is 0.00501. The van der Waals surface area contributed by atoms with E-state index >= 15 is 0 Å².